The van der Waals surface area contributed by atoms with Gasteiger partial charge in [-0.1, -0.05) is 0 Å². The van der Waals surface area contributed by atoms with Gasteiger partial charge in [0.05, 0.1) is 18.3 Å². The summed E-state index contributed by atoms with van der Waals surface area (Å²) < 4.78 is 5.31. The molecule has 0 spiro atoms. The van der Waals surface area contributed by atoms with Crippen molar-refractivity contribution in [2.24, 2.45) is 5.92 Å². The zero-order valence-corrected chi connectivity index (χ0v) is 14.5. The number of amides is 2. The Hall–Kier alpha value is -1.60. The highest BCUT2D eigenvalue weighted by Gasteiger charge is 2.29. The maximum atomic E-state index is 12.5. The van der Waals surface area contributed by atoms with Gasteiger partial charge in [0.15, 0.2) is 0 Å². The molecule has 7 heteroatoms. The molecule has 0 radical (unpaired) electrons. The van der Waals surface area contributed by atoms with Crippen molar-refractivity contribution in [1.82, 2.24) is 14.8 Å². The highest BCUT2D eigenvalue weighted by atomic mass is 32.2. The van der Waals surface area contributed by atoms with E-state index in [0.717, 1.165) is 30.8 Å². The van der Waals surface area contributed by atoms with E-state index >= 15 is 0 Å². The van der Waals surface area contributed by atoms with Crippen LogP contribution in [0.5, 0.6) is 0 Å². The second-order valence-electron chi connectivity index (χ2n) is 6.09. The average molecular weight is 349 g/mol. The first-order valence-electron chi connectivity index (χ1n) is 8.41. The van der Waals surface area contributed by atoms with E-state index in [1.807, 2.05) is 21.9 Å². The number of thioether (sulfide) groups is 1. The molecule has 3 heterocycles. The molecule has 2 fully saturated rings. The van der Waals surface area contributed by atoms with Crippen molar-refractivity contribution >= 4 is 23.6 Å². The van der Waals surface area contributed by atoms with Crippen molar-refractivity contribution in [3.63, 3.8) is 0 Å². The van der Waals surface area contributed by atoms with E-state index in [-0.39, 0.29) is 17.7 Å². The van der Waals surface area contributed by atoms with Crippen molar-refractivity contribution < 1.29 is 14.3 Å². The Morgan fingerprint density at radius 3 is 2.67 bits per heavy atom. The Bertz CT molecular complexity index is 563. The average Bonchev–Trinajstić information content (AvgIpc) is 3.04. The highest BCUT2D eigenvalue weighted by Crippen LogP contribution is 2.19. The molecule has 24 heavy (non-hydrogen) atoms. The van der Waals surface area contributed by atoms with Gasteiger partial charge in [-0.15, -0.1) is 11.8 Å². The zero-order valence-electron chi connectivity index (χ0n) is 13.7. The molecule has 3 rings (SSSR count). The van der Waals surface area contributed by atoms with Crippen molar-refractivity contribution in [2.45, 2.75) is 17.7 Å². The second-order valence-corrected chi connectivity index (χ2v) is 7.14. The van der Waals surface area contributed by atoms with E-state index < -0.39 is 0 Å². The Labute approximate surface area is 146 Å². The monoisotopic (exact) mass is 349 g/mol. The topological polar surface area (TPSA) is 62.7 Å². The Kier molecular flexibility index (Phi) is 6.09. The van der Waals surface area contributed by atoms with Gasteiger partial charge in [0.25, 0.3) is 0 Å². The minimum Gasteiger partial charge on any atom is -0.381 e. The van der Waals surface area contributed by atoms with Crippen molar-refractivity contribution in [3.8, 4) is 0 Å². The summed E-state index contributed by atoms with van der Waals surface area (Å²) >= 11 is 1.53. The number of hydrogen-bond donors (Lipinski definition) is 0. The molecule has 2 aliphatic rings. The Balaban J connectivity index is 1.47. The molecule has 2 amide bonds. The Morgan fingerprint density at radius 2 is 1.92 bits per heavy atom. The molecule has 0 aliphatic carbocycles. The van der Waals surface area contributed by atoms with Crippen LogP contribution >= 0.6 is 11.8 Å². The lowest BCUT2D eigenvalue weighted by Gasteiger charge is -2.24. The lowest BCUT2D eigenvalue weighted by molar-refractivity contribution is -0.136. The quantitative estimate of drug-likeness (QED) is 0.766. The summed E-state index contributed by atoms with van der Waals surface area (Å²) in [5.41, 5.74) is 0. The highest BCUT2D eigenvalue weighted by molar-refractivity contribution is 8.00. The van der Waals surface area contributed by atoms with E-state index in [2.05, 4.69) is 4.98 Å². The third-order valence-corrected chi connectivity index (χ3v) is 5.45. The standard InChI is InChI=1S/C17H23N3O3S/c21-16(13-24-15-2-5-18-6-3-15)19-7-1-8-20(10-9-19)17(22)14-4-11-23-12-14/h2-3,5-6,14H,1,4,7-13H2. The summed E-state index contributed by atoms with van der Waals surface area (Å²) in [4.78, 5) is 33.7. The molecule has 1 atom stereocenters. The van der Waals surface area contributed by atoms with Gasteiger partial charge in [0, 0.05) is 50.1 Å². The molecule has 1 aromatic rings. The fraction of sp³-hybridized carbons (Fsp3) is 0.588. The summed E-state index contributed by atoms with van der Waals surface area (Å²) in [7, 11) is 0. The molecule has 1 unspecified atom stereocenters. The predicted octanol–water partition coefficient (Wildman–Crippen LogP) is 1.27. The van der Waals surface area contributed by atoms with Crippen LogP contribution in [0.2, 0.25) is 0 Å². The molecule has 0 saturated carbocycles. The summed E-state index contributed by atoms with van der Waals surface area (Å²) in [5.74, 6) is 0.756. The molecule has 130 valence electrons. The van der Waals surface area contributed by atoms with E-state index in [0.29, 0.717) is 32.1 Å². The molecule has 2 aliphatic heterocycles. The lowest BCUT2D eigenvalue weighted by Crippen LogP contribution is -2.40. The van der Waals surface area contributed by atoms with Crippen LogP contribution in [0.3, 0.4) is 0 Å². The Morgan fingerprint density at radius 1 is 1.17 bits per heavy atom. The van der Waals surface area contributed by atoms with Gasteiger partial charge in [0.1, 0.15) is 0 Å². The van der Waals surface area contributed by atoms with Gasteiger partial charge < -0.3 is 14.5 Å². The number of carbonyl (C=O) groups excluding carboxylic acids is 2. The van der Waals surface area contributed by atoms with E-state index in [4.69, 9.17) is 4.74 Å². The molecule has 1 aromatic heterocycles. The summed E-state index contributed by atoms with van der Waals surface area (Å²) in [6, 6.07) is 3.81. The van der Waals surface area contributed by atoms with Crippen LogP contribution in [0.1, 0.15) is 12.8 Å². The van der Waals surface area contributed by atoms with E-state index in [9.17, 15) is 9.59 Å². The van der Waals surface area contributed by atoms with Crippen LogP contribution in [0.25, 0.3) is 0 Å². The number of nitrogens with zero attached hydrogens (tertiary/aromatic N) is 3. The molecule has 0 N–H and O–H groups in total. The number of pyridine rings is 1. The SMILES string of the molecule is O=C(CSc1ccncc1)N1CCCN(C(=O)C2CCOC2)CC1. The van der Waals surface area contributed by atoms with Gasteiger partial charge in [-0.05, 0) is 25.0 Å². The van der Waals surface area contributed by atoms with Crippen LogP contribution in [-0.2, 0) is 14.3 Å². The number of rotatable bonds is 4. The summed E-state index contributed by atoms with van der Waals surface area (Å²) in [6.45, 7) is 3.93. The van der Waals surface area contributed by atoms with Crippen molar-refractivity contribution in [3.05, 3.63) is 24.5 Å². The largest absolute Gasteiger partial charge is 0.381 e. The van der Waals surface area contributed by atoms with Crippen LogP contribution in [0.15, 0.2) is 29.4 Å². The number of ether oxygens (including phenoxy) is 1. The predicted molar refractivity (Wildman–Crippen MR) is 91.7 cm³/mol. The summed E-state index contributed by atoms with van der Waals surface area (Å²) in [5, 5.41) is 0. The smallest absolute Gasteiger partial charge is 0.232 e. The first kappa shape index (κ1) is 17.2. The van der Waals surface area contributed by atoms with Gasteiger partial charge in [0.2, 0.25) is 11.8 Å². The molecule has 2 saturated heterocycles. The molecule has 6 nitrogen and oxygen atoms in total. The van der Waals surface area contributed by atoms with Gasteiger partial charge in [-0.2, -0.15) is 0 Å². The number of aromatic nitrogens is 1. The molecular weight excluding hydrogens is 326 g/mol. The maximum absolute atomic E-state index is 12.5. The fourth-order valence-corrected chi connectivity index (χ4v) is 3.83. The van der Waals surface area contributed by atoms with Crippen molar-refractivity contribution in [2.75, 3.05) is 45.1 Å². The normalized spacial score (nSPS) is 21.6. The van der Waals surface area contributed by atoms with E-state index in [1.165, 1.54) is 11.8 Å². The lowest BCUT2D eigenvalue weighted by atomic mass is 10.1. The van der Waals surface area contributed by atoms with Crippen LogP contribution in [0.4, 0.5) is 0 Å². The van der Waals surface area contributed by atoms with Crippen LogP contribution < -0.4 is 0 Å². The first-order chi connectivity index (χ1) is 11.7. The molecule has 0 bridgehead atoms. The maximum Gasteiger partial charge on any atom is 0.232 e. The van der Waals surface area contributed by atoms with Gasteiger partial charge >= 0.3 is 0 Å². The minimum atomic E-state index is 0.00879. The second kappa shape index (κ2) is 8.48. The van der Waals surface area contributed by atoms with Crippen LogP contribution in [-0.4, -0.2) is 71.7 Å². The zero-order chi connectivity index (χ0) is 16.8. The molecular formula is C17H23N3O3S. The number of hydrogen-bond acceptors (Lipinski definition) is 5. The van der Waals surface area contributed by atoms with Gasteiger partial charge in [-0.25, -0.2) is 0 Å². The van der Waals surface area contributed by atoms with Gasteiger partial charge in [-0.3, -0.25) is 14.6 Å². The third-order valence-electron chi connectivity index (χ3n) is 4.45. The molecule has 0 aromatic carbocycles. The minimum absolute atomic E-state index is 0.00879. The number of carbonyl (C=O) groups is 2. The first-order valence-corrected chi connectivity index (χ1v) is 9.40. The van der Waals surface area contributed by atoms with Crippen LogP contribution in [0, 0.1) is 5.92 Å². The third kappa shape index (κ3) is 4.48. The fourth-order valence-electron chi connectivity index (χ4n) is 3.05. The van der Waals surface area contributed by atoms with Crippen molar-refractivity contribution in [1.29, 1.82) is 0 Å². The summed E-state index contributed by atoms with van der Waals surface area (Å²) in [6.07, 6.45) is 5.12. The van der Waals surface area contributed by atoms with E-state index in [1.54, 1.807) is 12.4 Å².